The third-order valence-electron chi connectivity index (χ3n) is 4.14. The van der Waals surface area contributed by atoms with E-state index in [0.29, 0.717) is 29.1 Å². The number of hydrogen-bond acceptors (Lipinski definition) is 5. The van der Waals surface area contributed by atoms with E-state index in [1.807, 2.05) is 0 Å². The van der Waals surface area contributed by atoms with Crippen molar-refractivity contribution in [2.45, 2.75) is 6.61 Å². The summed E-state index contributed by atoms with van der Waals surface area (Å²) in [6.07, 6.45) is 0. The predicted molar refractivity (Wildman–Crippen MR) is 93.2 cm³/mol. The van der Waals surface area contributed by atoms with Crippen molar-refractivity contribution in [2.75, 3.05) is 5.32 Å². The maximum absolute atomic E-state index is 13.0. The van der Waals surface area contributed by atoms with Crippen LogP contribution >= 0.6 is 0 Å². The quantitative estimate of drug-likeness (QED) is 0.689. The van der Waals surface area contributed by atoms with Gasteiger partial charge in [-0.05, 0) is 47.4 Å². The van der Waals surface area contributed by atoms with Crippen molar-refractivity contribution >= 4 is 24.2 Å². The number of nitrogens with one attached hydrogen (secondary N) is 1. The molecule has 2 aromatic carbocycles. The summed E-state index contributed by atoms with van der Waals surface area (Å²) in [5.41, 5.74) is 2.64. The molecule has 0 radical (unpaired) electrons. The van der Waals surface area contributed by atoms with Gasteiger partial charge in [-0.25, -0.2) is 14.1 Å². The van der Waals surface area contributed by atoms with Gasteiger partial charge in [-0.1, -0.05) is 6.07 Å². The van der Waals surface area contributed by atoms with Gasteiger partial charge in [0.05, 0.1) is 6.61 Å². The van der Waals surface area contributed by atoms with Gasteiger partial charge in [-0.3, -0.25) is 4.79 Å². The number of rotatable bonds is 3. The first-order valence-electron chi connectivity index (χ1n) is 7.92. The molecule has 0 atom stereocenters. The van der Waals surface area contributed by atoms with Crippen LogP contribution in [0.25, 0.3) is 11.4 Å². The van der Waals surface area contributed by atoms with Gasteiger partial charge < -0.3 is 15.0 Å². The van der Waals surface area contributed by atoms with Crippen LogP contribution in [0.4, 0.5) is 10.1 Å². The van der Waals surface area contributed by atoms with Crippen LogP contribution in [0, 0.1) is 5.82 Å². The lowest BCUT2D eigenvalue weighted by Crippen LogP contribution is -2.28. The van der Waals surface area contributed by atoms with Crippen LogP contribution in [0.1, 0.15) is 16.2 Å². The maximum Gasteiger partial charge on any atom is 0.491 e. The Bertz CT molecular complexity index is 990. The average molecular weight is 352 g/mol. The Morgan fingerprint density at radius 1 is 1.31 bits per heavy atom. The lowest BCUT2D eigenvalue weighted by molar-refractivity contribution is 0.101. The van der Waals surface area contributed by atoms with E-state index in [0.717, 1.165) is 5.56 Å². The molecule has 1 aliphatic rings. The number of aromatic nitrogens is 3. The number of carbonyl (C=O) groups is 1. The van der Waals surface area contributed by atoms with Crippen molar-refractivity contribution < 1.29 is 18.9 Å². The number of fused-ring (bicyclic) bond motifs is 1. The molecule has 0 fully saturated rings. The molecule has 0 bridgehead atoms. The second-order valence-corrected chi connectivity index (χ2v) is 5.92. The molecule has 2 heterocycles. The van der Waals surface area contributed by atoms with E-state index >= 15 is 0 Å². The number of amides is 1. The molecular weight excluding hydrogens is 338 g/mol. The van der Waals surface area contributed by atoms with Gasteiger partial charge in [0.15, 0.2) is 5.82 Å². The highest BCUT2D eigenvalue weighted by atomic mass is 19.1. The fourth-order valence-electron chi connectivity index (χ4n) is 2.78. The topological polar surface area (TPSA) is 89.3 Å². The number of carbonyl (C=O) groups excluding carboxylic acids is 1. The van der Waals surface area contributed by atoms with Gasteiger partial charge >= 0.3 is 7.12 Å². The molecule has 0 saturated heterocycles. The Balaban J connectivity index is 1.57. The second kappa shape index (κ2) is 6.36. The van der Waals surface area contributed by atoms with Crippen molar-refractivity contribution in [1.29, 1.82) is 0 Å². The third kappa shape index (κ3) is 2.98. The Morgan fingerprint density at radius 2 is 2.08 bits per heavy atom. The van der Waals surface area contributed by atoms with Gasteiger partial charge in [0, 0.05) is 18.3 Å². The summed E-state index contributed by atoms with van der Waals surface area (Å²) in [4.78, 5) is 16.8. The molecule has 9 heteroatoms. The Labute approximate surface area is 148 Å². The molecule has 0 aliphatic carbocycles. The predicted octanol–water partition coefficient (Wildman–Crippen LogP) is 1.09. The van der Waals surface area contributed by atoms with Gasteiger partial charge in [-0.15, -0.1) is 0 Å². The molecule has 1 amide bonds. The minimum Gasteiger partial charge on any atom is -0.423 e. The number of nitrogens with zero attached hydrogens (tertiary/aromatic N) is 3. The van der Waals surface area contributed by atoms with E-state index in [1.165, 1.54) is 16.8 Å². The van der Waals surface area contributed by atoms with Crippen LogP contribution in [0.2, 0.25) is 0 Å². The average Bonchev–Trinajstić information content (AvgIpc) is 3.19. The largest absolute Gasteiger partial charge is 0.491 e. The molecule has 0 saturated carbocycles. The van der Waals surface area contributed by atoms with E-state index in [4.69, 9.17) is 4.65 Å². The minimum atomic E-state index is -0.984. The summed E-state index contributed by atoms with van der Waals surface area (Å²) in [7, 11) is 0.622. The molecule has 0 spiro atoms. The van der Waals surface area contributed by atoms with Crippen molar-refractivity contribution in [3.05, 3.63) is 59.7 Å². The molecule has 7 nitrogen and oxygen atoms in total. The molecular formula is C17H14BFN4O3. The van der Waals surface area contributed by atoms with Crippen molar-refractivity contribution in [3.63, 3.8) is 0 Å². The zero-order valence-corrected chi connectivity index (χ0v) is 13.8. The van der Waals surface area contributed by atoms with Crippen molar-refractivity contribution in [3.8, 4) is 11.4 Å². The summed E-state index contributed by atoms with van der Waals surface area (Å²) in [6, 6.07) is 10.9. The normalized spacial score (nSPS) is 13.0. The fourth-order valence-corrected chi connectivity index (χ4v) is 2.78. The van der Waals surface area contributed by atoms with E-state index in [9.17, 15) is 14.2 Å². The van der Waals surface area contributed by atoms with Crippen LogP contribution in [-0.2, 0) is 18.3 Å². The van der Waals surface area contributed by atoms with Crippen LogP contribution in [0.15, 0.2) is 42.5 Å². The molecule has 130 valence electrons. The van der Waals surface area contributed by atoms with Gasteiger partial charge in [-0.2, -0.15) is 5.10 Å². The highest BCUT2D eigenvalue weighted by molar-refractivity contribution is 6.61. The van der Waals surface area contributed by atoms with E-state index < -0.39 is 13.0 Å². The smallest absolute Gasteiger partial charge is 0.423 e. The van der Waals surface area contributed by atoms with E-state index in [2.05, 4.69) is 15.4 Å². The van der Waals surface area contributed by atoms with Crippen molar-refractivity contribution in [1.82, 2.24) is 14.8 Å². The van der Waals surface area contributed by atoms with Crippen LogP contribution in [-0.4, -0.2) is 32.8 Å². The molecule has 3 aromatic rings. The SMILES string of the molecule is Cn1nc(-c2ccc(F)cc2)nc1C(=O)Nc1ccc2c(c1)B(O)OC2. The zero-order valence-electron chi connectivity index (χ0n) is 13.8. The molecule has 4 rings (SSSR count). The van der Waals surface area contributed by atoms with Gasteiger partial charge in [0.25, 0.3) is 5.91 Å². The summed E-state index contributed by atoms with van der Waals surface area (Å²) >= 11 is 0. The fraction of sp³-hybridized carbons (Fsp3) is 0.118. The maximum atomic E-state index is 13.0. The van der Waals surface area contributed by atoms with Crippen LogP contribution in [0.5, 0.6) is 0 Å². The number of hydrogen-bond donors (Lipinski definition) is 2. The molecule has 1 aromatic heterocycles. The monoisotopic (exact) mass is 352 g/mol. The lowest BCUT2D eigenvalue weighted by atomic mass is 9.79. The molecule has 0 unspecified atom stereocenters. The highest BCUT2D eigenvalue weighted by Gasteiger charge is 2.27. The first-order valence-corrected chi connectivity index (χ1v) is 7.92. The van der Waals surface area contributed by atoms with E-state index in [-0.39, 0.29) is 11.6 Å². The van der Waals surface area contributed by atoms with Gasteiger partial charge in [0.2, 0.25) is 5.82 Å². The Kier molecular flexibility index (Phi) is 4.02. The van der Waals surface area contributed by atoms with Crippen molar-refractivity contribution in [2.24, 2.45) is 7.05 Å². The summed E-state index contributed by atoms with van der Waals surface area (Å²) in [5, 5.41) is 16.7. The number of benzene rings is 2. The first kappa shape index (κ1) is 16.4. The van der Waals surface area contributed by atoms with E-state index in [1.54, 1.807) is 37.4 Å². The molecule has 1 aliphatic heterocycles. The first-order chi connectivity index (χ1) is 12.5. The molecule has 26 heavy (non-hydrogen) atoms. The number of halogens is 1. The standard InChI is InChI=1S/C17H14BFN4O3/c1-23-16(21-15(22-23)10-2-5-12(19)6-3-10)17(24)20-13-7-4-11-9-26-18(25)14(11)8-13/h2-8,25H,9H2,1H3,(H,20,24). The number of aryl methyl sites for hydroxylation is 1. The second-order valence-electron chi connectivity index (χ2n) is 5.92. The van der Waals surface area contributed by atoms with Gasteiger partial charge in [0.1, 0.15) is 5.82 Å². The van der Waals surface area contributed by atoms with Crippen LogP contribution < -0.4 is 10.8 Å². The highest BCUT2D eigenvalue weighted by Crippen LogP contribution is 2.18. The summed E-state index contributed by atoms with van der Waals surface area (Å²) in [6.45, 7) is 0.342. The Hall–Kier alpha value is -3.04. The summed E-state index contributed by atoms with van der Waals surface area (Å²) in [5.74, 6) is -0.357. The third-order valence-corrected chi connectivity index (χ3v) is 4.14. The van der Waals surface area contributed by atoms with Crippen LogP contribution in [0.3, 0.4) is 0 Å². The number of anilines is 1. The Morgan fingerprint density at radius 3 is 2.85 bits per heavy atom. The minimum absolute atomic E-state index is 0.113. The lowest BCUT2D eigenvalue weighted by Gasteiger charge is -2.06. The molecule has 2 N–H and O–H groups in total. The summed E-state index contributed by atoms with van der Waals surface area (Å²) < 4.78 is 19.5. The zero-order chi connectivity index (χ0) is 18.3.